The highest BCUT2D eigenvalue weighted by Crippen LogP contribution is 2.26. The molecule has 1 heterocycles. The summed E-state index contributed by atoms with van der Waals surface area (Å²) in [6.45, 7) is 3.98. The number of anilines is 2. The van der Waals surface area contributed by atoms with Crippen LogP contribution in [0.25, 0.3) is 10.9 Å². The third-order valence-electron chi connectivity index (χ3n) is 6.00. The average Bonchev–Trinajstić information content (AvgIpc) is 3.25. The lowest BCUT2D eigenvalue weighted by atomic mass is 10.1. The Kier molecular flexibility index (Phi) is 8.63. The second kappa shape index (κ2) is 12.1. The lowest BCUT2D eigenvalue weighted by molar-refractivity contribution is -0.124. The van der Waals surface area contributed by atoms with Crippen molar-refractivity contribution >= 4 is 51.6 Å². The average molecular weight is 551 g/mol. The summed E-state index contributed by atoms with van der Waals surface area (Å²) in [5, 5.41) is 9.32. The van der Waals surface area contributed by atoms with Crippen LogP contribution in [0, 0.1) is 11.7 Å². The van der Waals surface area contributed by atoms with Gasteiger partial charge in [-0.25, -0.2) is 4.39 Å². The molecule has 0 radical (unpaired) electrons. The number of carbonyl (C=O) groups excluding carboxylic acids is 3. The topological polar surface area (TPSA) is 101 Å². The minimum atomic E-state index is -0.462. The molecular formula is C29H28ClFN4O4. The van der Waals surface area contributed by atoms with Crippen molar-refractivity contribution in [2.75, 3.05) is 17.7 Å². The molecule has 0 aliphatic rings. The van der Waals surface area contributed by atoms with Crippen molar-refractivity contribution in [3.8, 4) is 0 Å². The molecule has 0 spiro atoms. The summed E-state index contributed by atoms with van der Waals surface area (Å²) in [5.74, 6) is -1.56. The molecule has 0 aliphatic heterocycles. The van der Waals surface area contributed by atoms with Crippen molar-refractivity contribution in [1.29, 1.82) is 0 Å². The number of fused-ring (bicyclic) bond motifs is 1. The summed E-state index contributed by atoms with van der Waals surface area (Å²) in [6.07, 6.45) is 0. The maximum absolute atomic E-state index is 13.6. The van der Waals surface area contributed by atoms with E-state index in [-0.39, 0.29) is 35.7 Å². The van der Waals surface area contributed by atoms with E-state index in [1.165, 1.54) is 25.3 Å². The van der Waals surface area contributed by atoms with Gasteiger partial charge in [-0.05, 0) is 60.2 Å². The maximum Gasteiger partial charge on any atom is 0.272 e. The number of aromatic nitrogens is 1. The summed E-state index contributed by atoms with van der Waals surface area (Å²) in [6, 6.07) is 17.5. The van der Waals surface area contributed by atoms with Gasteiger partial charge in [0.25, 0.3) is 11.8 Å². The van der Waals surface area contributed by atoms with E-state index in [1.807, 2.05) is 0 Å². The van der Waals surface area contributed by atoms with E-state index in [1.54, 1.807) is 66.9 Å². The predicted molar refractivity (Wildman–Crippen MR) is 149 cm³/mol. The highest BCUT2D eigenvalue weighted by Gasteiger charge is 2.18. The molecule has 1 aromatic heterocycles. The minimum absolute atomic E-state index is 0.0892. The van der Waals surface area contributed by atoms with E-state index >= 15 is 0 Å². The van der Waals surface area contributed by atoms with Crippen molar-refractivity contribution in [1.82, 2.24) is 9.88 Å². The van der Waals surface area contributed by atoms with Crippen LogP contribution in [-0.2, 0) is 22.8 Å². The Morgan fingerprint density at radius 2 is 1.69 bits per heavy atom. The van der Waals surface area contributed by atoms with Gasteiger partial charge in [0, 0.05) is 36.3 Å². The number of hydrogen-bond acceptors (Lipinski definition) is 4. The number of methoxy groups -OCH3 is 1. The van der Waals surface area contributed by atoms with E-state index in [0.717, 1.165) is 5.56 Å². The lowest BCUT2D eigenvalue weighted by Crippen LogP contribution is -2.27. The zero-order chi connectivity index (χ0) is 28.1. The highest BCUT2D eigenvalue weighted by atomic mass is 35.5. The molecule has 0 aliphatic carbocycles. The number of halogens is 2. The number of carbonyl (C=O) groups is 3. The quantitative estimate of drug-likeness (QED) is 0.244. The summed E-state index contributed by atoms with van der Waals surface area (Å²) < 4.78 is 20.5. The van der Waals surface area contributed by atoms with Crippen LogP contribution < -0.4 is 16.0 Å². The van der Waals surface area contributed by atoms with Crippen molar-refractivity contribution in [2.24, 2.45) is 5.92 Å². The number of nitrogens with zero attached hydrogens (tertiary/aromatic N) is 1. The molecule has 0 saturated heterocycles. The number of ether oxygens (including phenoxy) is 1. The number of hydrogen-bond donors (Lipinski definition) is 3. The molecule has 4 aromatic rings. The molecule has 4 rings (SSSR count). The molecule has 3 aromatic carbocycles. The Hall–Kier alpha value is -4.21. The van der Waals surface area contributed by atoms with Crippen LogP contribution >= 0.6 is 11.6 Å². The number of rotatable bonds is 9. The van der Waals surface area contributed by atoms with Gasteiger partial charge in [-0.15, -0.1) is 0 Å². The Morgan fingerprint density at radius 1 is 0.949 bits per heavy atom. The fraction of sp³-hybridized carbons (Fsp3) is 0.207. The molecule has 3 amide bonds. The van der Waals surface area contributed by atoms with Gasteiger partial charge in [0.2, 0.25) is 5.91 Å². The van der Waals surface area contributed by atoms with Gasteiger partial charge in [-0.1, -0.05) is 37.6 Å². The number of nitrogens with one attached hydrogen (secondary N) is 3. The van der Waals surface area contributed by atoms with Gasteiger partial charge < -0.3 is 25.3 Å². The molecule has 8 nitrogen and oxygen atoms in total. The Bertz CT molecular complexity index is 1550. The minimum Gasteiger partial charge on any atom is -0.364 e. The van der Waals surface area contributed by atoms with Gasteiger partial charge in [0.15, 0.2) is 0 Å². The van der Waals surface area contributed by atoms with Crippen LogP contribution in [0.4, 0.5) is 15.8 Å². The molecule has 0 fully saturated rings. The van der Waals surface area contributed by atoms with Crippen molar-refractivity contribution < 1.29 is 23.5 Å². The monoisotopic (exact) mass is 550 g/mol. The second-order valence-corrected chi connectivity index (χ2v) is 9.66. The van der Waals surface area contributed by atoms with Crippen LogP contribution in [-0.4, -0.2) is 29.4 Å². The first kappa shape index (κ1) is 27.8. The van der Waals surface area contributed by atoms with Gasteiger partial charge in [0.1, 0.15) is 18.2 Å². The van der Waals surface area contributed by atoms with Crippen LogP contribution in [0.15, 0.2) is 66.7 Å². The second-order valence-electron chi connectivity index (χ2n) is 9.25. The molecular weight excluding hydrogens is 523 g/mol. The van der Waals surface area contributed by atoms with Gasteiger partial charge >= 0.3 is 0 Å². The number of amides is 3. The predicted octanol–water partition coefficient (Wildman–Crippen LogP) is 5.81. The molecule has 0 unspecified atom stereocenters. The highest BCUT2D eigenvalue weighted by molar-refractivity contribution is 6.34. The summed E-state index contributed by atoms with van der Waals surface area (Å²) in [5.41, 5.74) is 2.83. The molecule has 10 heteroatoms. The van der Waals surface area contributed by atoms with Gasteiger partial charge in [-0.2, -0.15) is 0 Å². The lowest BCUT2D eigenvalue weighted by Gasteiger charge is -2.12. The van der Waals surface area contributed by atoms with E-state index in [4.69, 9.17) is 16.3 Å². The zero-order valence-electron chi connectivity index (χ0n) is 21.7. The molecule has 202 valence electrons. The summed E-state index contributed by atoms with van der Waals surface area (Å²) >= 11 is 6.30. The standard InChI is InChI=1S/C29H28ClFN4O4/c1-17(2)27(36)32-15-18-7-9-24(30)23(11-18)28(37)33-22-8-10-25-19(12-22)13-26(35(25)16-39-3)29(38)34-21-6-4-5-20(31)14-21/h4-14,17H,15-16H2,1-3H3,(H,32,36)(H,33,37)(H,34,38). The summed E-state index contributed by atoms with van der Waals surface area (Å²) in [7, 11) is 1.51. The van der Waals surface area contributed by atoms with Crippen molar-refractivity contribution in [2.45, 2.75) is 27.1 Å². The van der Waals surface area contributed by atoms with Crippen LogP contribution in [0.5, 0.6) is 0 Å². The first-order valence-corrected chi connectivity index (χ1v) is 12.6. The van der Waals surface area contributed by atoms with Gasteiger partial charge in [-0.3, -0.25) is 14.4 Å². The zero-order valence-corrected chi connectivity index (χ0v) is 22.4. The van der Waals surface area contributed by atoms with E-state index < -0.39 is 17.6 Å². The fourth-order valence-corrected chi connectivity index (χ4v) is 4.22. The fourth-order valence-electron chi connectivity index (χ4n) is 4.01. The van der Waals surface area contributed by atoms with Crippen molar-refractivity contribution in [3.05, 3.63) is 94.4 Å². The Labute approximate surface area is 230 Å². The Balaban J connectivity index is 1.56. The van der Waals surface area contributed by atoms with Crippen LogP contribution in [0.3, 0.4) is 0 Å². The molecule has 0 atom stereocenters. The summed E-state index contributed by atoms with van der Waals surface area (Å²) in [4.78, 5) is 38.0. The maximum atomic E-state index is 13.6. The first-order valence-electron chi connectivity index (χ1n) is 12.2. The van der Waals surface area contributed by atoms with E-state index in [0.29, 0.717) is 28.0 Å². The van der Waals surface area contributed by atoms with Crippen molar-refractivity contribution in [3.63, 3.8) is 0 Å². The van der Waals surface area contributed by atoms with Crippen LogP contribution in [0.2, 0.25) is 5.02 Å². The molecule has 39 heavy (non-hydrogen) atoms. The SMILES string of the molecule is COCn1c(C(=O)Nc2cccc(F)c2)cc2cc(NC(=O)c3cc(CNC(=O)C(C)C)ccc3Cl)ccc21. The first-order chi connectivity index (χ1) is 18.7. The van der Waals surface area contributed by atoms with Crippen LogP contribution in [0.1, 0.15) is 40.3 Å². The third kappa shape index (κ3) is 6.63. The molecule has 0 saturated carbocycles. The smallest absolute Gasteiger partial charge is 0.272 e. The largest absolute Gasteiger partial charge is 0.364 e. The van der Waals surface area contributed by atoms with E-state index in [2.05, 4.69) is 16.0 Å². The number of benzene rings is 3. The Morgan fingerprint density at radius 3 is 2.41 bits per heavy atom. The third-order valence-corrected chi connectivity index (χ3v) is 6.33. The van der Waals surface area contributed by atoms with E-state index in [9.17, 15) is 18.8 Å². The molecule has 3 N–H and O–H groups in total. The van der Waals surface area contributed by atoms with Gasteiger partial charge in [0.05, 0.1) is 16.1 Å². The normalized spacial score (nSPS) is 11.0. The molecule has 0 bridgehead atoms.